The van der Waals surface area contributed by atoms with E-state index in [1.54, 1.807) is 16.8 Å². The molecule has 0 radical (unpaired) electrons. The largest absolute Gasteiger partial charge is 0.371 e. The number of hydrogen-bond donors (Lipinski definition) is 0. The van der Waals surface area contributed by atoms with Crippen molar-refractivity contribution in [2.45, 2.75) is 96.3 Å². The lowest BCUT2D eigenvalue weighted by atomic mass is 9.74. The lowest BCUT2D eigenvalue weighted by Crippen LogP contribution is -2.34. The van der Waals surface area contributed by atoms with Crippen LogP contribution in [0.2, 0.25) is 0 Å². The summed E-state index contributed by atoms with van der Waals surface area (Å²) in [5.74, 6) is 0.976. The van der Waals surface area contributed by atoms with Gasteiger partial charge in [0.1, 0.15) is 6.54 Å². The van der Waals surface area contributed by atoms with E-state index < -0.39 is 0 Å². The Morgan fingerprint density at radius 3 is 2.43 bits per heavy atom. The van der Waals surface area contributed by atoms with Crippen molar-refractivity contribution in [1.82, 2.24) is 0 Å². The fourth-order valence-electron chi connectivity index (χ4n) is 8.80. The summed E-state index contributed by atoms with van der Waals surface area (Å²) >= 11 is 0. The Kier molecular flexibility index (Phi) is 7.82. The minimum absolute atomic E-state index is 0.0655. The smallest absolute Gasteiger partial charge is 0.210 e. The van der Waals surface area contributed by atoms with E-state index in [4.69, 9.17) is 0 Å². The number of benzene rings is 3. The van der Waals surface area contributed by atoms with Gasteiger partial charge in [0.2, 0.25) is 5.69 Å². The van der Waals surface area contributed by atoms with Gasteiger partial charge in [-0.25, -0.2) is 0 Å². The highest BCUT2D eigenvalue weighted by atomic mass is 15.1. The average Bonchev–Trinajstić information content (AvgIpc) is 3.62. The Balaban J connectivity index is 1.29. The van der Waals surface area contributed by atoms with Crippen LogP contribution in [0.15, 0.2) is 66.8 Å². The monoisotopic (exact) mass is 557 g/mol. The van der Waals surface area contributed by atoms with Gasteiger partial charge in [0.25, 0.3) is 0 Å². The summed E-state index contributed by atoms with van der Waals surface area (Å²) in [6.07, 6.45) is 25.5. The fourth-order valence-corrected chi connectivity index (χ4v) is 8.80. The zero-order valence-electron chi connectivity index (χ0n) is 26.0. The molecule has 218 valence electrons. The van der Waals surface area contributed by atoms with Gasteiger partial charge in [-0.2, -0.15) is 4.58 Å². The quantitative estimate of drug-likeness (QED) is 0.144. The third-order valence-corrected chi connectivity index (χ3v) is 10.9. The van der Waals surface area contributed by atoms with Crippen LogP contribution in [-0.4, -0.2) is 29.9 Å². The molecule has 1 atom stereocenters. The maximum Gasteiger partial charge on any atom is 0.210 e. The van der Waals surface area contributed by atoms with Crippen molar-refractivity contribution in [1.29, 1.82) is 0 Å². The van der Waals surface area contributed by atoms with Crippen molar-refractivity contribution in [3.8, 4) is 0 Å². The highest BCUT2D eigenvalue weighted by Gasteiger charge is 2.48. The molecule has 1 unspecified atom stereocenters. The van der Waals surface area contributed by atoms with Crippen LogP contribution in [0.3, 0.4) is 0 Å². The Morgan fingerprint density at radius 1 is 0.905 bits per heavy atom. The molecule has 1 saturated carbocycles. The van der Waals surface area contributed by atoms with Gasteiger partial charge in [-0.15, -0.1) is 0 Å². The summed E-state index contributed by atoms with van der Waals surface area (Å²) in [6, 6.07) is 18.8. The number of hydrogen-bond acceptors (Lipinski definition) is 1. The SMILES string of the molecule is C/C=C/CC1(C)C(/C=C/c2cc3c4c(c2)CCCN4CCC3)=[N+](CCCCC2CCCC2)c2ccc3ccccc3c21. The van der Waals surface area contributed by atoms with E-state index in [9.17, 15) is 0 Å². The van der Waals surface area contributed by atoms with Crippen LogP contribution in [-0.2, 0) is 18.3 Å². The maximum atomic E-state index is 2.71. The summed E-state index contributed by atoms with van der Waals surface area (Å²) in [7, 11) is 0. The molecule has 7 rings (SSSR count). The fraction of sp³-hybridized carbons (Fsp3) is 0.475. The first-order valence-electron chi connectivity index (χ1n) is 17.0. The predicted octanol–water partition coefficient (Wildman–Crippen LogP) is 9.93. The molecule has 0 N–H and O–H groups in total. The second-order valence-electron chi connectivity index (χ2n) is 13.7. The Morgan fingerprint density at radius 2 is 1.67 bits per heavy atom. The number of fused-ring (bicyclic) bond motifs is 3. The van der Waals surface area contributed by atoms with Crippen LogP contribution < -0.4 is 4.90 Å². The van der Waals surface area contributed by atoms with E-state index in [1.165, 1.54) is 117 Å². The molecule has 1 fully saturated rings. The molecule has 0 aromatic heterocycles. The van der Waals surface area contributed by atoms with E-state index in [0.29, 0.717) is 0 Å². The molecule has 4 aliphatic rings. The first-order valence-corrected chi connectivity index (χ1v) is 17.0. The van der Waals surface area contributed by atoms with Crippen LogP contribution in [0.1, 0.15) is 100 Å². The number of rotatable bonds is 9. The van der Waals surface area contributed by atoms with Crippen molar-refractivity contribution in [3.63, 3.8) is 0 Å². The number of nitrogens with zero attached hydrogens (tertiary/aromatic N) is 2. The van der Waals surface area contributed by atoms with Crippen LogP contribution >= 0.6 is 0 Å². The summed E-state index contributed by atoms with van der Waals surface area (Å²) in [4.78, 5) is 2.65. The van der Waals surface area contributed by atoms with Gasteiger partial charge in [-0.1, -0.05) is 68.5 Å². The van der Waals surface area contributed by atoms with E-state index in [0.717, 1.165) is 18.9 Å². The zero-order chi connectivity index (χ0) is 28.5. The van der Waals surface area contributed by atoms with Gasteiger partial charge < -0.3 is 4.90 Å². The summed E-state index contributed by atoms with van der Waals surface area (Å²) in [5.41, 5.74) is 10.5. The first-order chi connectivity index (χ1) is 20.7. The first kappa shape index (κ1) is 27.7. The number of anilines is 1. The molecular weight excluding hydrogens is 508 g/mol. The molecule has 0 amide bonds. The second kappa shape index (κ2) is 11.9. The van der Waals surface area contributed by atoms with Gasteiger partial charge in [0.15, 0.2) is 5.71 Å². The van der Waals surface area contributed by atoms with Crippen molar-refractivity contribution in [3.05, 3.63) is 89.0 Å². The summed E-state index contributed by atoms with van der Waals surface area (Å²) < 4.78 is 2.71. The van der Waals surface area contributed by atoms with Gasteiger partial charge in [-0.05, 0) is 110 Å². The molecule has 0 bridgehead atoms. The van der Waals surface area contributed by atoms with Gasteiger partial charge in [-0.3, -0.25) is 0 Å². The lowest BCUT2D eigenvalue weighted by Gasteiger charge is -2.37. The maximum absolute atomic E-state index is 2.71. The van der Waals surface area contributed by atoms with Crippen LogP contribution in [0, 0.1) is 5.92 Å². The third kappa shape index (κ3) is 5.06. The van der Waals surface area contributed by atoms with Crippen molar-refractivity contribution in [2.75, 3.05) is 24.5 Å². The molecule has 3 aliphatic heterocycles. The topological polar surface area (TPSA) is 6.25 Å². The van der Waals surface area contributed by atoms with E-state index >= 15 is 0 Å². The van der Waals surface area contributed by atoms with Crippen LogP contribution in [0.4, 0.5) is 11.4 Å². The predicted molar refractivity (Wildman–Crippen MR) is 181 cm³/mol. The molecule has 3 heterocycles. The minimum Gasteiger partial charge on any atom is -0.371 e. The lowest BCUT2D eigenvalue weighted by molar-refractivity contribution is -0.438. The van der Waals surface area contributed by atoms with Crippen molar-refractivity contribution in [2.24, 2.45) is 5.92 Å². The molecule has 2 nitrogen and oxygen atoms in total. The highest BCUT2D eigenvalue weighted by Crippen LogP contribution is 2.47. The van der Waals surface area contributed by atoms with E-state index in [2.05, 4.69) is 96.2 Å². The summed E-state index contributed by atoms with van der Waals surface area (Å²) in [6.45, 7) is 8.25. The van der Waals surface area contributed by atoms with Gasteiger partial charge >= 0.3 is 0 Å². The highest BCUT2D eigenvalue weighted by molar-refractivity contribution is 6.09. The summed E-state index contributed by atoms with van der Waals surface area (Å²) in [5, 5.41) is 2.77. The third-order valence-electron chi connectivity index (χ3n) is 10.9. The van der Waals surface area contributed by atoms with Gasteiger partial charge in [0.05, 0.1) is 5.41 Å². The van der Waals surface area contributed by atoms with Crippen LogP contribution in [0.5, 0.6) is 0 Å². The molecule has 3 aromatic carbocycles. The normalized spacial score (nSPS) is 22.2. The number of aryl methyl sites for hydroxylation is 2. The molecular formula is C40H49N2+. The van der Waals surface area contributed by atoms with Crippen LogP contribution in [0.25, 0.3) is 16.8 Å². The molecule has 0 saturated heterocycles. The Hall–Kier alpha value is -3.13. The molecule has 2 heteroatoms. The number of unbranched alkanes of at least 4 members (excludes halogenated alkanes) is 1. The Labute approximate surface area is 253 Å². The zero-order valence-corrected chi connectivity index (χ0v) is 26.0. The standard InChI is InChI=1S/C40H49N2/c1-3-4-24-40(2)37(23-20-31-28-33-17-11-25-41-26-12-18-34(29-31)39(33)41)42(27-10-9-15-30-13-5-6-14-30)36-22-21-32-16-7-8-19-35(32)38(36)40/h3-4,7-8,16,19-23,28-30H,5-6,9-15,17-18,24-27H2,1-2H3/q+1/b4-3+. The molecule has 0 spiro atoms. The van der Waals surface area contributed by atoms with E-state index in [-0.39, 0.29) is 5.41 Å². The minimum atomic E-state index is -0.0655. The molecule has 42 heavy (non-hydrogen) atoms. The molecule has 3 aromatic rings. The van der Waals surface area contributed by atoms with E-state index in [1.807, 2.05) is 0 Å². The Bertz CT molecular complexity index is 1520. The van der Waals surface area contributed by atoms with Gasteiger partial charge in [0, 0.05) is 42.9 Å². The van der Waals surface area contributed by atoms with Crippen molar-refractivity contribution < 1.29 is 4.58 Å². The number of allylic oxidation sites excluding steroid dienone is 3. The average molecular weight is 558 g/mol. The molecule has 1 aliphatic carbocycles. The second-order valence-corrected chi connectivity index (χ2v) is 13.7. The van der Waals surface area contributed by atoms with Crippen molar-refractivity contribution >= 4 is 33.9 Å².